The summed E-state index contributed by atoms with van der Waals surface area (Å²) in [5, 5.41) is 17.8. The van der Waals surface area contributed by atoms with Crippen LogP contribution in [-0.4, -0.2) is 29.0 Å². The molecular formula is C6H13NO2. The summed E-state index contributed by atoms with van der Waals surface area (Å²) in [5.41, 5.74) is 5.12. The van der Waals surface area contributed by atoms with Gasteiger partial charge >= 0.3 is 0 Å². The van der Waals surface area contributed by atoms with Crippen LogP contribution in [-0.2, 0) is 0 Å². The summed E-state index contributed by atoms with van der Waals surface area (Å²) >= 11 is 0. The van der Waals surface area contributed by atoms with Gasteiger partial charge in [0.25, 0.3) is 0 Å². The highest BCUT2D eigenvalue weighted by Crippen LogP contribution is 1.97. The molecule has 0 bridgehead atoms. The first kappa shape index (κ1) is 8.62. The zero-order valence-electron chi connectivity index (χ0n) is 5.33. The molecule has 2 atom stereocenters. The lowest BCUT2D eigenvalue weighted by molar-refractivity contribution is 0.0451. The van der Waals surface area contributed by atoms with Gasteiger partial charge in [0.15, 0.2) is 0 Å². The Morgan fingerprint density at radius 1 is 1.56 bits per heavy atom. The van der Waals surface area contributed by atoms with Crippen LogP contribution >= 0.6 is 0 Å². The van der Waals surface area contributed by atoms with Crippen molar-refractivity contribution >= 4 is 0 Å². The van der Waals surface area contributed by atoms with E-state index in [1.54, 1.807) is 0 Å². The molecule has 0 aliphatic heterocycles. The van der Waals surface area contributed by atoms with Gasteiger partial charge in [0, 0.05) is 0 Å². The van der Waals surface area contributed by atoms with E-state index in [1.807, 2.05) is 0 Å². The Balaban J connectivity index is 3.44. The molecule has 0 rings (SSSR count). The van der Waals surface area contributed by atoms with Crippen molar-refractivity contribution in [1.82, 2.24) is 0 Å². The van der Waals surface area contributed by atoms with Crippen molar-refractivity contribution in [2.75, 3.05) is 6.54 Å². The van der Waals surface area contributed by atoms with Crippen LogP contribution in [0.5, 0.6) is 0 Å². The number of aliphatic hydroxyl groups is 2. The summed E-state index contributed by atoms with van der Waals surface area (Å²) in [4.78, 5) is 0. The molecule has 0 saturated carbocycles. The fraction of sp³-hybridized carbons (Fsp3) is 0.667. The molecule has 0 aromatic heterocycles. The summed E-state index contributed by atoms with van der Waals surface area (Å²) in [6.45, 7) is 3.69. The predicted molar refractivity (Wildman–Crippen MR) is 35.9 cm³/mol. The van der Waals surface area contributed by atoms with E-state index in [0.29, 0.717) is 13.0 Å². The SMILES string of the molecule is C=CC(O)C(O)CCN. The molecule has 0 aliphatic carbocycles. The molecule has 0 saturated heterocycles. The van der Waals surface area contributed by atoms with Crippen molar-refractivity contribution in [3.8, 4) is 0 Å². The van der Waals surface area contributed by atoms with Gasteiger partial charge in [0.1, 0.15) is 0 Å². The highest BCUT2D eigenvalue weighted by Gasteiger charge is 2.09. The van der Waals surface area contributed by atoms with Crippen LogP contribution in [0.4, 0.5) is 0 Å². The molecule has 0 amide bonds. The summed E-state index contributed by atoms with van der Waals surface area (Å²) < 4.78 is 0. The van der Waals surface area contributed by atoms with E-state index in [9.17, 15) is 0 Å². The van der Waals surface area contributed by atoms with Gasteiger partial charge in [-0.3, -0.25) is 0 Å². The lowest BCUT2D eigenvalue weighted by Crippen LogP contribution is -2.26. The largest absolute Gasteiger partial charge is 0.390 e. The molecule has 0 fully saturated rings. The molecule has 0 aliphatic rings. The van der Waals surface area contributed by atoms with E-state index in [-0.39, 0.29) is 0 Å². The number of aliphatic hydroxyl groups excluding tert-OH is 2. The molecule has 2 unspecified atom stereocenters. The summed E-state index contributed by atoms with van der Waals surface area (Å²) in [5.74, 6) is 0. The number of nitrogens with two attached hydrogens (primary N) is 1. The zero-order chi connectivity index (χ0) is 7.28. The van der Waals surface area contributed by atoms with Crippen LogP contribution in [0.2, 0.25) is 0 Å². The highest BCUT2D eigenvalue weighted by molar-refractivity contribution is 4.83. The van der Waals surface area contributed by atoms with Crippen LogP contribution in [0.3, 0.4) is 0 Å². The second-order valence-corrected chi connectivity index (χ2v) is 1.87. The first-order valence-corrected chi connectivity index (χ1v) is 2.91. The van der Waals surface area contributed by atoms with Crippen molar-refractivity contribution in [3.63, 3.8) is 0 Å². The maximum atomic E-state index is 8.92. The lowest BCUT2D eigenvalue weighted by Gasteiger charge is -2.11. The fourth-order valence-electron chi connectivity index (χ4n) is 0.499. The normalized spacial score (nSPS) is 16.8. The zero-order valence-corrected chi connectivity index (χ0v) is 5.33. The van der Waals surface area contributed by atoms with Gasteiger partial charge in [-0.15, -0.1) is 6.58 Å². The van der Waals surface area contributed by atoms with Crippen molar-refractivity contribution in [2.24, 2.45) is 5.73 Å². The minimum atomic E-state index is -0.839. The van der Waals surface area contributed by atoms with E-state index in [4.69, 9.17) is 15.9 Å². The van der Waals surface area contributed by atoms with E-state index < -0.39 is 12.2 Å². The van der Waals surface area contributed by atoms with Gasteiger partial charge in [0.05, 0.1) is 12.2 Å². The maximum Gasteiger partial charge on any atom is 0.0977 e. The van der Waals surface area contributed by atoms with Crippen molar-refractivity contribution in [2.45, 2.75) is 18.6 Å². The molecule has 0 radical (unpaired) electrons. The Morgan fingerprint density at radius 2 is 2.11 bits per heavy atom. The van der Waals surface area contributed by atoms with Crippen LogP contribution < -0.4 is 5.73 Å². The van der Waals surface area contributed by atoms with E-state index in [0.717, 1.165) is 0 Å². The van der Waals surface area contributed by atoms with Crippen LogP contribution in [0.1, 0.15) is 6.42 Å². The molecule has 4 N–H and O–H groups in total. The van der Waals surface area contributed by atoms with E-state index in [1.165, 1.54) is 6.08 Å². The minimum Gasteiger partial charge on any atom is -0.390 e. The second kappa shape index (κ2) is 4.49. The summed E-state index contributed by atoms with van der Waals surface area (Å²) in [6.07, 6.45) is 0.106. The quantitative estimate of drug-likeness (QED) is 0.439. The summed E-state index contributed by atoms with van der Waals surface area (Å²) in [7, 11) is 0. The monoisotopic (exact) mass is 131 g/mol. The fourth-order valence-corrected chi connectivity index (χ4v) is 0.499. The standard InChI is InChI=1S/C6H13NO2/c1-2-5(8)6(9)3-4-7/h2,5-6,8-9H,1,3-4,7H2. The molecule has 3 nitrogen and oxygen atoms in total. The molecule has 0 aromatic rings. The van der Waals surface area contributed by atoms with Crippen LogP contribution in [0.25, 0.3) is 0 Å². The van der Waals surface area contributed by atoms with Gasteiger partial charge in [-0.1, -0.05) is 6.08 Å². The Kier molecular flexibility index (Phi) is 4.30. The Labute approximate surface area is 54.8 Å². The molecule has 0 aromatic carbocycles. The number of rotatable bonds is 4. The van der Waals surface area contributed by atoms with Gasteiger partial charge in [-0.2, -0.15) is 0 Å². The first-order valence-electron chi connectivity index (χ1n) is 2.91. The topological polar surface area (TPSA) is 66.5 Å². The second-order valence-electron chi connectivity index (χ2n) is 1.87. The Hall–Kier alpha value is -0.380. The third kappa shape index (κ3) is 3.24. The highest BCUT2D eigenvalue weighted by atomic mass is 16.3. The molecule has 3 heteroatoms. The lowest BCUT2D eigenvalue weighted by atomic mass is 10.1. The summed E-state index contributed by atoms with van der Waals surface area (Å²) in [6, 6.07) is 0. The molecule has 0 heterocycles. The van der Waals surface area contributed by atoms with Gasteiger partial charge < -0.3 is 15.9 Å². The maximum absolute atomic E-state index is 8.92. The third-order valence-electron chi connectivity index (χ3n) is 1.10. The molecule has 0 spiro atoms. The van der Waals surface area contributed by atoms with Crippen LogP contribution in [0, 0.1) is 0 Å². The first-order chi connectivity index (χ1) is 4.22. The van der Waals surface area contributed by atoms with Gasteiger partial charge in [0.2, 0.25) is 0 Å². The van der Waals surface area contributed by atoms with E-state index in [2.05, 4.69) is 6.58 Å². The smallest absolute Gasteiger partial charge is 0.0977 e. The molecular weight excluding hydrogens is 118 g/mol. The number of hydrogen-bond acceptors (Lipinski definition) is 3. The van der Waals surface area contributed by atoms with Gasteiger partial charge in [-0.05, 0) is 13.0 Å². The average molecular weight is 131 g/mol. The Bertz CT molecular complexity index is 85.1. The number of hydrogen-bond donors (Lipinski definition) is 3. The third-order valence-corrected chi connectivity index (χ3v) is 1.10. The van der Waals surface area contributed by atoms with Crippen molar-refractivity contribution < 1.29 is 10.2 Å². The van der Waals surface area contributed by atoms with Gasteiger partial charge in [-0.25, -0.2) is 0 Å². The van der Waals surface area contributed by atoms with Crippen molar-refractivity contribution in [3.05, 3.63) is 12.7 Å². The predicted octanol–water partition coefficient (Wildman–Crippen LogP) is -0.757. The van der Waals surface area contributed by atoms with Crippen molar-refractivity contribution in [1.29, 1.82) is 0 Å². The van der Waals surface area contributed by atoms with E-state index >= 15 is 0 Å². The molecule has 54 valence electrons. The minimum absolute atomic E-state index is 0.381. The molecule has 9 heavy (non-hydrogen) atoms. The Morgan fingerprint density at radius 3 is 2.44 bits per heavy atom. The average Bonchev–Trinajstić information content (AvgIpc) is 1.87. The van der Waals surface area contributed by atoms with Crippen LogP contribution in [0.15, 0.2) is 12.7 Å².